The molecule has 0 amide bonds. The summed E-state index contributed by atoms with van der Waals surface area (Å²) in [5.41, 5.74) is -1.14. The highest BCUT2D eigenvalue weighted by molar-refractivity contribution is 5.88. The lowest BCUT2D eigenvalue weighted by atomic mass is 9.67. The summed E-state index contributed by atoms with van der Waals surface area (Å²) < 4.78 is 5.04. The van der Waals surface area contributed by atoms with Gasteiger partial charge in [0.2, 0.25) is 0 Å². The predicted molar refractivity (Wildman–Crippen MR) is 46.7 cm³/mol. The summed E-state index contributed by atoms with van der Waals surface area (Å²) in [6.07, 6.45) is -0.677. The molecule has 82 valence electrons. The molecule has 15 heavy (non-hydrogen) atoms. The second kappa shape index (κ2) is 2.35. The molecule has 1 aliphatic heterocycles. The van der Waals surface area contributed by atoms with Gasteiger partial charge >= 0.3 is 11.9 Å². The van der Waals surface area contributed by atoms with E-state index in [0.717, 1.165) is 0 Å². The first-order valence-electron chi connectivity index (χ1n) is 5.10. The van der Waals surface area contributed by atoms with Gasteiger partial charge in [0.25, 0.3) is 0 Å². The average Bonchev–Trinajstić information content (AvgIpc) is 2.70. The lowest BCUT2D eigenvalue weighted by molar-refractivity contribution is -0.160. The van der Waals surface area contributed by atoms with Crippen LogP contribution < -0.4 is 0 Å². The maximum atomic E-state index is 11.6. The van der Waals surface area contributed by atoms with E-state index in [1.807, 2.05) is 0 Å². The van der Waals surface area contributed by atoms with Crippen molar-refractivity contribution in [3.05, 3.63) is 0 Å². The minimum Gasteiger partial charge on any atom is -0.481 e. The van der Waals surface area contributed by atoms with E-state index in [9.17, 15) is 19.8 Å². The highest BCUT2D eigenvalue weighted by Crippen LogP contribution is 2.63. The summed E-state index contributed by atoms with van der Waals surface area (Å²) in [7, 11) is 0. The van der Waals surface area contributed by atoms with Gasteiger partial charge in [-0.2, -0.15) is 0 Å². The molecule has 5 nitrogen and oxygen atoms in total. The van der Waals surface area contributed by atoms with E-state index in [1.165, 1.54) is 0 Å². The second-order valence-corrected chi connectivity index (χ2v) is 4.96. The minimum atomic E-state index is -1.14. The van der Waals surface area contributed by atoms with Gasteiger partial charge in [-0.15, -0.1) is 0 Å². The third-order valence-electron chi connectivity index (χ3n) is 4.51. The molecule has 0 aromatic rings. The van der Waals surface area contributed by atoms with Crippen LogP contribution in [-0.2, 0) is 14.3 Å². The predicted octanol–water partition coefficient (Wildman–Crippen LogP) is -0.371. The number of esters is 1. The number of aliphatic hydroxyl groups excluding tert-OH is 1. The van der Waals surface area contributed by atoms with Crippen molar-refractivity contribution in [1.82, 2.24) is 0 Å². The largest absolute Gasteiger partial charge is 0.481 e. The van der Waals surface area contributed by atoms with E-state index >= 15 is 0 Å². The van der Waals surface area contributed by atoms with E-state index in [-0.39, 0.29) is 11.8 Å². The summed E-state index contributed by atoms with van der Waals surface area (Å²) in [5.74, 6) is -2.46. The van der Waals surface area contributed by atoms with Crippen molar-refractivity contribution in [1.29, 1.82) is 0 Å². The van der Waals surface area contributed by atoms with Crippen LogP contribution in [0.5, 0.6) is 0 Å². The Bertz CT molecular complexity index is 365. The van der Waals surface area contributed by atoms with Crippen LogP contribution in [0.2, 0.25) is 0 Å². The number of carboxylic acids is 1. The minimum absolute atomic E-state index is 0.0985. The number of fused-ring (bicyclic) bond motifs is 1. The molecule has 1 saturated heterocycles. The Morgan fingerprint density at radius 2 is 2.27 bits per heavy atom. The van der Waals surface area contributed by atoms with Crippen molar-refractivity contribution in [3.8, 4) is 0 Å². The lowest BCUT2D eigenvalue weighted by Crippen LogP contribution is -2.48. The number of hydrogen-bond donors (Lipinski definition) is 2. The fourth-order valence-corrected chi connectivity index (χ4v) is 3.73. The van der Waals surface area contributed by atoms with E-state index in [2.05, 4.69) is 0 Å². The number of carboxylic acid groups (broad SMARTS) is 1. The molecule has 2 aliphatic carbocycles. The number of aliphatic carboxylic acids is 1. The molecular weight excluding hydrogens is 200 g/mol. The molecular formula is C10H12O5. The maximum Gasteiger partial charge on any atom is 0.310 e. The fourth-order valence-electron chi connectivity index (χ4n) is 3.73. The monoisotopic (exact) mass is 212 g/mol. The zero-order chi connectivity index (χ0) is 11.0. The fraction of sp³-hybridized carbons (Fsp3) is 0.800. The zero-order valence-corrected chi connectivity index (χ0v) is 8.21. The number of aliphatic hydroxyl groups is 1. The molecule has 0 aromatic carbocycles. The molecule has 2 saturated carbocycles. The molecule has 0 aromatic heterocycles. The number of hydrogen-bond acceptors (Lipinski definition) is 4. The van der Waals surface area contributed by atoms with E-state index in [4.69, 9.17) is 4.74 Å². The number of rotatable bonds is 1. The van der Waals surface area contributed by atoms with Crippen LogP contribution in [0.3, 0.4) is 0 Å². The quantitative estimate of drug-likeness (QED) is 0.579. The Labute approximate surface area is 86.0 Å². The van der Waals surface area contributed by atoms with Crippen molar-refractivity contribution in [3.63, 3.8) is 0 Å². The van der Waals surface area contributed by atoms with Crippen molar-refractivity contribution in [2.75, 3.05) is 0 Å². The molecule has 6 atom stereocenters. The first-order chi connectivity index (χ1) is 6.98. The molecule has 3 rings (SSSR count). The Morgan fingerprint density at radius 3 is 2.87 bits per heavy atom. The third kappa shape index (κ3) is 0.760. The van der Waals surface area contributed by atoms with Crippen LogP contribution in [0.15, 0.2) is 0 Å². The molecule has 1 heterocycles. The van der Waals surface area contributed by atoms with E-state index < -0.39 is 35.5 Å². The molecule has 5 heteroatoms. The molecule has 0 spiro atoms. The summed E-state index contributed by atoms with van der Waals surface area (Å²) >= 11 is 0. The normalized spacial score (nSPS) is 55.9. The molecule has 6 unspecified atom stereocenters. The van der Waals surface area contributed by atoms with Gasteiger partial charge in [-0.1, -0.05) is 0 Å². The van der Waals surface area contributed by atoms with Gasteiger partial charge in [-0.05, 0) is 13.3 Å². The highest BCUT2D eigenvalue weighted by atomic mass is 16.6. The zero-order valence-electron chi connectivity index (χ0n) is 8.21. The van der Waals surface area contributed by atoms with Crippen molar-refractivity contribution in [2.24, 2.45) is 23.2 Å². The van der Waals surface area contributed by atoms with Gasteiger partial charge in [-0.3, -0.25) is 9.59 Å². The van der Waals surface area contributed by atoms with Crippen LogP contribution in [0.4, 0.5) is 0 Å². The number of carbonyl (C=O) groups excluding carboxylic acids is 1. The van der Waals surface area contributed by atoms with Crippen LogP contribution in [-0.4, -0.2) is 34.4 Å². The van der Waals surface area contributed by atoms with Crippen LogP contribution >= 0.6 is 0 Å². The standard InChI is InChI=1S/C10H12O5/c1-10(9(13)14)4-2-3-5(10)8(12)15-7(3)6(4)11/h3-7,11H,2H2,1H3,(H,13,14). The topological polar surface area (TPSA) is 83.8 Å². The van der Waals surface area contributed by atoms with Crippen LogP contribution in [0.1, 0.15) is 13.3 Å². The van der Waals surface area contributed by atoms with E-state index in [1.54, 1.807) is 6.92 Å². The summed E-state index contributed by atoms with van der Waals surface area (Å²) in [6, 6.07) is 0. The molecule has 3 aliphatic rings. The van der Waals surface area contributed by atoms with Crippen LogP contribution in [0.25, 0.3) is 0 Å². The summed E-state index contributed by atoms with van der Waals surface area (Å²) in [4.78, 5) is 22.8. The second-order valence-electron chi connectivity index (χ2n) is 4.96. The van der Waals surface area contributed by atoms with Gasteiger partial charge in [-0.25, -0.2) is 0 Å². The number of ether oxygens (including phenoxy) is 1. The third-order valence-corrected chi connectivity index (χ3v) is 4.51. The van der Waals surface area contributed by atoms with E-state index in [0.29, 0.717) is 6.42 Å². The first kappa shape index (κ1) is 9.15. The smallest absolute Gasteiger partial charge is 0.310 e. The Hall–Kier alpha value is -1.10. The molecule has 2 bridgehead atoms. The molecule has 2 N–H and O–H groups in total. The van der Waals surface area contributed by atoms with Crippen molar-refractivity contribution < 1.29 is 24.5 Å². The number of carbonyl (C=O) groups is 2. The van der Waals surface area contributed by atoms with Crippen molar-refractivity contribution >= 4 is 11.9 Å². The Balaban J connectivity index is 2.13. The first-order valence-corrected chi connectivity index (χ1v) is 5.10. The SMILES string of the molecule is CC1(C(=O)O)C2CC3C(OC(=O)C31)C2O. The summed E-state index contributed by atoms with van der Waals surface area (Å²) in [5, 5.41) is 19.1. The van der Waals surface area contributed by atoms with Crippen molar-refractivity contribution in [2.45, 2.75) is 25.6 Å². The Morgan fingerprint density at radius 1 is 1.60 bits per heavy atom. The lowest BCUT2D eigenvalue weighted by Gasteiger charge is -2.34. The highest BCUT2D eigenvalue weighted by Gasteiger charge is 2.74. The molecule has 0 radical (unpaired) electrons. The van der Waals surface area contributed by atoms with Gasteiger partial charge in [0.1, 0.15) is 6.10 Å². The maximum absolute atomic E-state index is 11.6. The Kier molecular flexibility index (Phi) is 1.43. The van der Waals surface area contributed by atoms with Gasteiger partial charge in [0, 0.05) is 11.8 Å². The molecule has 3 fully saturated rings. The van der Waals surface area contributed by atoms with Crippen LogP contribution in [0, 0.1) is 23.2 Å². The van der Waals surface area contributed by atoms with Gasteiger partial charge in [0.15, 0.2) is 0 Å². The van der Waals surface area contributed by atoms with Gasteiger partial charge < -0.3 is 14.9 Å². The summed E-state index contributed by atoms with van der Waals surface area (Å²) in [6.45, 7) is 1.55. The average molecular weight is 212 g/mol. The van der Waals surface area contributed by atoms with Gasteiger partial charge in [0.05, 0.1) is 17.4 Å².